The van der Waals surface area contributed by atoms with Gasteiger partial charge in [-0.1, -0.05) is 44.8 Å². The monoisotopic (exact) mass is 170 g/mol. The number of allylic oxidation sites excluding steroid dienone is 1. The fourth-order valence-electron chi connectivity index (χ4n) is 1.15. The molecule has 0 fully saturated rings. The van der Waals surface area contributed by atoms with Gasteiger partial charge in [0, 0.05) is 7.11 Å². The van der Waals surface area contributed by atoms with Crippen molar-refractivity contribution in [2.75, 3.05) is 13.7 Å². The number of rotatable bonds is 8. The van der Waals surface area contributed by atoms with Gasteiger partial charge in [0.15, 0.2) is 0 Å². The highest BCUT2D eigenvalue weighted by molar-refractivity contribution is 4.80. The van der Waals surface area contributed by atoms with Crippen molar-refractivity contribution in [3.63, 3.8) is 0 Å². The summed E-state index contributed by atoms with van der Waals surface area (Å²) in [5, 5.41) is 0. The molecule has 0 saturated carbocycles. The first-order valence-electron chi connectivity index (χ1n) is 5.05. The maximum atomic E-state index is 4.90. The zero-order valence-electron chi connectivity index (χ0n) is 8.51. The molecule has 0 atom stereocenters. The molecule has 0 aromatic rings. The van der Waals surface area contributed by atoms with Gasteiger partial charge >= 0.3 is 0 Å². The lowest BCUT2D eigenvalue weighted by molar-refractivity contribution is 0.233. The zero-order valence-corrected chi connectivity index (χ0v) is 8.51. The predicted molar refractivity (Wildman–Crippen MR) is 54.4 cm³/mol. The van der Waals surface area contributed by atoms with Gasteiger partial charge in [0.2, 0.25) is 0 Å². The van der Waals surface area contributed by atoms with Crippen LogP contribution in [-0.2, 0) is 4.74 Å². The Labute approximate surface area is 76.8 Å². The molecule has 72 valence electrons. The van der Waals surface area contributed by atoms with Crippen LogP contribution in [0.5, 0.6) is 0 Å². The van der Waals surface area contributed by atoms with E-state index in [0.29, 0.717) is 0 Å². The van der Waals surface area contributed by atoms with Gasteiger partial charge < -0.3 is 4.74 Å². The molecule has 0 bridgehead atoms. The van der Waals surface area contributed by atoms with Gasteiger partial charge in [-0.25, -0.2) is 0 Å². The molecule has 0 saturated heterocycles. The fraction of sp³-hybridized carbons (Fsp3) is 0.818. The van der Waals surface area contributed by atoms with Crippen molar-refractivity contribution in [1.82, 2.24) is 0 Å². The third kappa shape index (κ3) is 9.70. The van der Waals surface area contributed by atoms with Gasteiger partial charge in [0.1, 0.15) is 0 Å². The number of hydrogen-bond donors (Lipinski definition) is 0. The van der Waals surface area contributed by atoms with E-state index in [4.69, 9.17) is 4.74 Å². The van der Waals surface area contributed by atoms with Crippen LogP contribution in [0.4, 0.5) is 0 Å². The van der Waals surface area contributed by atoms with E-state index < -0.39 is 0 Å². The molecule has 0 rings (SSSR count). The molecule has 0 N–H and O–H groups in total. The molecule has 0 aliphatic rings. The summed E-state index contributed by atoms with van der Waals surface area (Å²) in [6.45, 7) is 3.01. The minimum absolute atomic E-state index is 0.759. The van der Waals surface area contributed by atoms with Crippen molar-refractivity contribution in [2.45, 2.75) is 45.4 Å². The van der Waals surface area contributed by atoms with Gasteiger partial charge in [-0.05, 0) is 12.8 Å². The van der Waals surface area contributed by atoms with Gasteiger partial charge in [0.05, 0.1) is 6.61 Å². The standard InChI is InChI=1S/C11H22O/c1-3-4-5-6-7-8-9-10-11-12-2/h9-10H,3-8,11H2,1-2H3/b10-9+. The third-order valence-corrected chi connectivity index (χ3v) is 1.90. The van der Waals surface area contributed by atoms with Crippen LogP contribution in [0.3, 0.4) is 0 Å². The van der Waals surface area contributed by atoms with E-state index >= 15 is 0 Å². The maximum absolute atomic E-state index is 4.90. The molecule has 1 nitrogen and oxygen atoms in total. The Hall–Kier alpha value is -0.300. The third-order valence-electron chi connectivity index (χ3n) is 1.90. The normalized spacial score (nSPS) is 11.2. The molecule has 0 heterocycles. The summed E-state index contributed by atoms with van der Waals surface area (Å²) in [4.78, 5) is 0. The first-order chi connectivity index (χ1) is 5.91. The van der Waals surface area contributed by atoms with Gasteiger partial charge in [-0.2, -0.15) is 0 Å². The summed E-state index contributed by atoms with van der Waals surface area (Å²) < 4.78 is 4.90. The second-order valence-corrected chi connectivity index (χ2v) is 3.13. The largest absolute Gasteiger partial charge is 0.381 e. The highest BCUT2D eigenvalue weighted by atomic mass is 16.5. The quantitative estimate of drug-likeness (QED) is 0.400. The Kier molecular flexibility index (Phi) is 10.4. The molecule has 12 heavy (non-hydrogen) atoms. The molecule has 0 unspecified atom stereocenters. The van der Waals surface area contributed by atoms with Gasteiger partial charge in [-0.15, -0.1) is 0 Å². The Morgan fingerprint density at radius 1 is 1.00 bits per heavy atom. The number of unbranched alkanes of at least 4 members (excludes halogenated alkanes) is 5. The van der Waals surface area contributed by atoms with E-state index in [1.807, 2.05) is 0 Å². The van der Waals surface area contributed by atoms with Gasteiger partial charge in [-0.3, -0.25) is 0 Å². The summed E-state index contributed by atoms with van der Waals surface area (Å²) in [6, 6.07) is 0. The van der Waals surface area contributed by atoms with Crippen molar-refractivity contribution in [1.29, 1.82) is 0 Å². The topological polar surface area (TPSA) is 9.23 Å². The van der Waals surface area contributed by atoms with Crippen LogP contribution < -0.4 is 0 Å². The highest BCUT2D eigenvalue weighted by Crippen LogP contribution is 2.04. The van der Waals surface area contributed by atoms with E-state index in [9.17, 15) is 0 Å². The minimum Gasteiger partial charge on any atom is -0.381 e. The van der Waals surface area contributed by atoms with Crippen molar-refractivity contribution in [3.8, 4) is 0 Å². The lowest BCUT2D eigenvalue weighted by Gasteiger charge is -1.95. The van der Waals surface area contributed by atoms with Crippen LogP contribution in [0.15, 0.2) is 12.2 Å². The van der Waals surface area contributed by atoms with Gasteiger partial charge in [0.25, 0.3) is 0 Å². The molecule has 0 radical (unpaired) electrons. The molecule has 0 aromatic carbocycles. The lowest BCUT2D eigenvalue weighted by Crippen LogP contribution is -1.80. The molecule has 0 amide bonds. The molecule has 0 aliphatic heterocycles. The zero-order chi connectivity index (χ0) is 9.07. The van der Waals surface area contributed by atoms with Crippen LogP contribution in [0.2, 0.25) is 0 Å². The number of methoxy groups -OCH3 is 1. The summed E-state index contributed by atoms with van der Waals surface area (Å²) in [6.07, 6.45) is 12.4. The smallest absolute Gasteiger partial charge is 0.0643 e. The second kappa shape index (κ2) is 10.7. The summed E-state index contributed by atoms with van der Waals surface area (Å²) >= 11 is 0. The van der Waals surface area contributed by atoms with Crippen molar-refractivity contribution < 1.29 is 4.74 Å². The summed E-state index contributed by atoms with van der Waals surface area (Å²) in [5.41, 5.74) is 0. The molecule has 0 aromatic heterocycles. The molecule has 0 aliphatic carbocycles. The Morgan fingerprint density at radius 3 is 2.42 bits per heavy atom. The highest BCUT2D eigenvalue weighted by Gasteiger charge is 1.85. The summed E-state index contributed by atoms with van der Waals surface area (Å²) in [5.74, 6) is 0. The lowest BCUT2D eigenvalue weighted by atomic mass is 10.1. The SMILES string of the molecule is CCCCCCC/C=C/COC. The van der Waals surface area contributed by atoms with E-state index in [1.165, 1.54) is 38.5 Å². The van der Waals surface area contributed by atoms with E-state index in [-0.39, 0.29) is 0 Å². The number of ether oxygens (including phenoxy) is 1. The van der Waals surface area contributed by atoms with Crippen molar-refractivity contribution in [3.05, 3.63) is 12.2 Å². The maximum Gasteiger partial charge on any atom is 0.0643 e. The Bertz CT molecular complexity index is 97.2. The fourth-order valence-corrected chi connectivity index (χ4v) is 1.15. The van der Waals surface area contributed by atoms with Crippen LogP contribution in [-0.4, -0.2) is 13.7 Å². The van der Waals surface area contributed by atoms with Crippen LogP contribution in [0.1, 0.15) is 45.4 Å². The second-order valence-electron chi connectivity index (χ2n) is 3.13. The number of hydrogen-bond acceptors (Lipinski definition) is 1. The predicted octanol–water partition coefficient (Wildman–Crippen LogP) is 3.55. The van der Waals surface area contributed by atoms with Crippen molar-refractivity contribution >= 4 is 0 Å². The molecular formula is C11H22O. The average Bonchev–Trinajstić information content (AvgIpc) is 2.10. The van der Waals surface area contributed by atoms with E-state index in [0.717, 1.165) is 6.61 Å². The van der Waals surface area contributed by atoms with E-state index in [1.54, 1.807) is 7.11 Å². The molecule has 1 heteroatoms. The average molecular weight is 170 g/mol. The van der Waals surface area contributed by atoms with Crippen LogP contribution in [0, 0.1) is 0 Å². The molecular weight excluding hydrogens is 148 g/mol. The first-order valence-corrected chi connectivity index (χ1v) is 5.05. The minimum atomic E-state index is 0.759. The van der Waals surface area contributed by atoms with Crippen molar-refractivity contribution in [2.24, 2.45) is 0 Å². The Morgan fingerprint density at radius 2 is 1.75 bits per heavy atom. The first kappa shape index (κ1) is 11.7. The molecule has 0 spiro atoms. The van der Waals surface area contributed by atoms with Crippen LogP contribution in [0.25, 0.3) is 0 Å². The van der Waals surface area contributed by atoms with Crippen LogP contribution >= 0.6 is 0 Å². The van der Waals surface area contributed by atoms with E-state index in [2.05, 4.69) is 19.1 Å². The Balaban J connectivity index is 2.90. The summed E-state index contributed by atoms with van der Waals surface area (Å²) in [7, 11) is 1.73.